The Morgan fingerprint density at radius 2 is 1.72 bits per heavy atom. The molecule has 0 saturated heterocycles. The predicted molar refractivity (Wildman–Crippen MR) is 130 cm³/mol. The van der Waals surface area contributed by atoms with Gasteiger partial charge in [-0.25, -0.2) is 4.79 Å². The number of fused-ring (bicyclic) bond motifs is 2. The first-order valence-electron chi connectivity index (χ1n) is 10.2. The van der Waals surface area contributed by atoms with Crippen LogP contribution in [0, 0.1) is 0 Å². The molecule has 4 rings (SSSR count). The van der Waals surface area contributed by atoms with Crippen LogP contribution in [0.15, 0.2) is 92.8 Å². The van der Waals surface area contributed by atoms with Gasteiger partial charge in [-0.3, -0.25) is 10.9 Å². The van der Waals surface area contributed by atoms with Crippen LogP contribution in [0.3, 0.4) is 0 Å². The number of amidine groups is 1. The first kappa shape index (κ1) is 21.5. The molecule has 162 valence electrons. The third-order valence-electron chi connectivity index (χ3n) is 4.64. The quantitative estimate of drug-likeness (QED) is 0.169. The van der Waals surface area contributed by atoms with Crippen LogP contribution >= 0.6 is 11.8 Å². The second-order valence-electron chi connectivity index (χ2n) is 6.90. The second-order valence-corrected chi connectivity index (χ2v) is 7.99. The molecule has 0 radical (unpaired) electrons. The molecule has 0 saturated carbocycles. The molecule has 3 N–H and O–H groups in total. The smallest absolute Gasteiger partial charge is 0.377 e. The largest absolute Gasteiger partial charge is 0.460 e. The van der Waals surface area contributed by atoms with Crippen molar-refractivity contribution in [3.63, 3.8) is 0 Å². The minimum absolute atomic E-state index is 0.0318. The third-order valence-corrected chi connectivity index (χ3v) is 5.79. The minimum atomic E-state index is -0.590. The van der Waals surface area contributed by atoms with Crippen LogP contribution in [0.5, 0.6) is 0 Å². The lowest BCUT2D eigenvalue weighted by Gasteiger charge is -2.21. The van der Waals surface area contributed by atoms with E-state index in [2.05, 4.69) is 44.6 Å². The average Bonchev–Trinajstić information content (AvgIpc) is 2.83. The highest BCUT2D eigenvalue weighted by Gasteiger charge is 2.16. The highest BCUT2D eigenvalue weighted by Crippen LogP contribution is 2.44. The summed E-state index contributed by atoms with van der Waals surface area (Å²) in [4.78, 5) is 14.6. The maximum atomic E-state index is 12.3. The van der Waals surface area contributed by atoms with E-state index >= 15 is 0 Å². The van der Waals surface area contributed by atoms with E-state index in [9.17, 15) is 4.79 Å². The van der Waals surface area contributed by atoms with Crippen LogP contribution in [-0.2, 0) is 9.53 Å². The first-order valence-corrected chi connectivity index (χ1v) is 11.0. The van der Waals surface area contributed by atoms with Gasteiger partial charge in [0.05, 0.1) is 29.4 Å². The van der Waals surface area contributed by atoms with Crippen molar-refractivity contribution in [1.29, 1.82) is 0 Å². The van der Waals surface area contributed by atoms with Gasteiger partial charge in [-0.2, -0.15) is 5.10 Å². The van der Waals surface area contributed by atoms with E-state index in [1.54, 1.807) is 18.7 Å². The van der Waals surface area contributed by atoms with Crippen LogP contribution in [0.4, 0.5) is 17.1 Å². The molecule has 3 aromatic carbocycles. The van der Waals surface area contributed by atoms with E-state index in [1.807, 2.05) is 61.5 Å². The van der Waals surface area contributed by atoms with Crippen LogP contribution in [-0.4, -0.2) is 24.1 Å². The van der Waals surface area contributed by atoms with Crippen molar-refractivity contribution < 1.29 is 9.53 Å². The lowest BCUT2D eigenvalue weighted by atomic mass is 10.1. The Labute approximate surface area is 191 Å². The summed E-state index contributed by atoms with van der Waals surface area (Å²) in [6, 6.07) is 23.6. The van der Waals surface area contributed by atoms with Crippen molar-refractivity contribution in [1.82, 2.24) is 5.43 Å². The fourth-order valence-corrected chi connectivity index (χ4v) is 3.98. The van der Waals surface area contributed by atoms with Gasteiger partial charge in [-0.05, 0) is 55.8 Å². The number of nitrogens with one attached hydrogen (secondary N) is 3. The maximum Gasteiger partial charge on any atom is 0.377 e. The number of rotatable bonds is 5. The first-order chi connectivity index (χ1) is 15.6. The van der Waals surface area contributed by atoms with E-state index in [0.29, 0.717) is 5.71 Å². The minimum Gasteiger partial charge on any atom is -0.460 e. The molecule has 0 spiro atoms. The molecular weight excluding hydrogens is 422 g/mol. The average molecular weight is 446 g/mol. The molecule has 0 amide bonds. The van der Waals surface area contributed by atoms with Crippen LogP contribution < -0.4 is 16.2 Å². The molecule has 8 heteroatoms. The van der Waals surface area contributed by atoms with Gasteiger partial charge in [0.25, 0.3) is 5.84 Å². The summed E-state index contributed by atoms with van der Waals surface area (Å²) in [5.74, 6) is -0.622. The number of esters is 1. The van der Waals surface area contributed by atoms with Gasteiger partial charge in [-0.15, -0.1) is 5.10 Å². The highest BCUT2D eigenvalue weighted by molar-refractivity contribution is 7.99. The van der Waals surface area contributed by atoms with E-state index < -0.39 is 5.97 Å². The van der Waals surface area contributed by atoms with Gasteiger partial charge in [0, 0.05) is 9.79 Å². The van der Waals surface area contributed by atoms with E-state index in [0.717, 1.165) is 27.5 Å². The summed E-state index contributed by atoms with van der Waals surface area (Å²) in [5, 5.41) is 12.0. The normalized spacial score (nSPS) is 12.8. The summed E-state index contributed by atoms with van der Waals surface area (Å²) in [6.07, 6.45) is 0. The second kappa shape index (κ2) is 10.0. The van der Waals surface area contributed by atoms with Gasteiger partial charge < -0.3 is 10.1 Å². The zero-order valence-corrected chi connectivity index (χ0v) is 18.6. The number of carbonyl (C=O) groups is 1. The Morgan fingerprint density at radius 3 is 2.53 bits per heavy atom. The number of nitrogens with zero attached hydrogens (tertiary/aromatic N) is 2. The molecule has 3 aromatic rings. The lowest BCUT2D eigenvalue weighted by molar-refractivity contribution is -0.135. The summed E-state index contributed by atoms with van der Waals surface area (Å²) < 4.78 is 5.08. The highest BCUT2D eigenvalue weighted by atomic mass is 32.2. The number of carbonyl (C=O) groups excluding carboxylic acids is 1. The number of hydrogen-bond acceptors (Lipinski definition) is 7. The standard InChI is InChI=1S/C24H23N5O2S/c1-3-31-24(30)23(29-27-18-9-5-4-6-10-18)28-26-16(2)17-13-14-22-20(15-17)25-19-11-7-8-12-21(19)32-22/h4-15,25,27H,3H2,1-2H3,(H,28,29). The van der Waals surface area contributed by atoms with Crippen LogP contribution in [0.25, 0.3) is 0 Å². The third kappa shape index (κ3) is 5.09. The summed E-state index contributed by atoms with van der Waals surface area (Å²) in [7, 11) is 0. The molecule has 1 aliphatic heterocycles. The number of hydrogen-bond donors (Lipinski definition) is 3. The van der Waals surface area contributed by atoms with Gasteiger partial charge in [0.1, 0.15) is 0 Å². The number of para-hydroxylation sites is 2. The van der Waals surface area contributed by atoms with Gasteiger partial charge >= 0.3 is 5.97 Å². The van der Waals surface area contributed by atoms with Crippen molar-refractivity contribution >= 4 is 46.3 Å². The number of hydrazone groups is 2. The van der Waals surface area contributed by atoms with Gasteiger partial charge in [0.15, 0.2) is 0 Å². The molecule has 0 aromatic heterocycles. The molecule has 0 atom stereocenters. The molecule has 0 aliphatic carbocycles. The molecular formula is C24H23N5O2S. The molecule has 0 unspecified atom stereocenters. The Morgan fingerprint density at radius 1 is 0.969 bits per heavy atom. The lowest BCUT2D eigenvalue weighted by Crippen LogP contribution is -2.31. The van der Waals surface area contributed by atoms with Crippen molar-refractivity contribution in [2.75, 3.05) is 17.3 Å². The molecule has 1 heterocycles. The Balaban J connectivity index is 1.51. The molecule has 0 fully saturated rings. The summed E-state index contributed by atoms with van der Waals surface area (Å²) >= 11 is 1.73. The van der Waals surface area contributed by atoms with Crippen molar-refractivity contribution in [2.45, 2.75) is 23.6 Å². The SMILES string of the molecule is CCOC(=O)C(=NNc1ccccc1)NN=C(C)c1ccc2c(c1)Nc1ccccc1S2. The number of benzene rings is 3. The fraction of sp³-hybridized carbons (Fsp3) is 0.125. The predicted octanol–water partition coefficient (Wildman–Crippen LogP) is 5.20. The topological polar surface area (TPSA) is 87.1 Å². The van der Waals surface area contributed by atoms with Crippen LogP contribution in [0.1, 0.15) is 19.4 Å². The van der Waals surface area contributed by atoms with Crippen molar-refractivity contribution in [2.24, 2.45) is 10.2 Å². The van der Waals surface area contributed by atoms with E-state index in [1.165, 1.54) is 4.90 Å². The van der Waals surface area contributed by atoms with Crippen molar-refractivity contribution in [3.05, 3.63) is 78.4 Å². The molecule has 1 aliphatic rings. The number of ether oxygens (including phenoxy) is 1. The van der Waals surface area contributed by atoms with Gasteiger partial charge in [-0.1, -0.05) is 48.2 Å². The molecule has 32 heavy (non-hydrogen) atoms. The fourth-order valence-electron chi connectivity index (χ4n) is 3.01. The monoisotopic (exact) mass is 445 g/mol. The van der Waals surface area contributed by atoms with E-state index in [4.69, 9.17) is 4.74 Å². The molecule has 0 bridgehead atoms. The Bertz CT molecular complexity index is 1180. The zero-order valence-electron chi connectivity index (χ0n) is 17.8. The van der Waals surface area contributed by atoms with Gasteiger partial charge in [0.2, 0.25) is 0 Å². The Kier molecular flexibility index (Phi) is 6.72. The van der Waals surface area contributed by atoms with Crippen molar-refractivity contribution in [3.8, 4) is 0 Å². The zero-order chi connectivity index (χ0) is 22.3. The number of anilines is 3. The molecule has 7 nitrogen and oxygen atoms in total. The summed E-state index contributed by atoms with van der Waals surface area (Å²) in [6.45, 7) is 3.85. The van der Waals surface area contributed by atoms with E-state index in [-0.39, 0.29) is 12.4 Å². The maximum absolute atomic E-state index is 12.3. The Hall–Kier alpha value is -3.78. The summed E-state index contributed by atoms with van der Waals surface area (Å²) in [5.41, 5.74) is 10.1. The van der Waals surface area contributed by atoms with Crippen LogP contribution in [0.2, 0.25) is 0 Å².